The van der Waals surface area contributed by atoms with Crippen molar-refractivity contribution in [1.29, 1.82) is 0 Å². The predicted molar refractivity (Wildman–Crippen MR) is 111 cm³/mol. The smallest absolute Gasteiger partial charge is 0.273 e. The molecule has 8 nitrogen and oxygen atoms in total. The average Bonchev–Trinajstić information content (AvgIpc) is 2.84. The monoisotopic (exact) mass is 414 g/mol. The van der Waals surface area contributed by atoms with Crippen molar-refractivity contribution in [3.05, 3.63) is 53.6 Å². The first-order valence-corrected chi connectivity index (χ1v) is 10.6. The van der Waals surface area contributed by atoms with Gasteiger partial charge in [0.15, 0.2) is 0 Å². The normalized spacial score (nSPS) is 13.8. The lowest BCUT2D eigenvalue weighted by molar-refractivity contribution is -0.160. The molecule has 29 heavy (non-hydrogen) atoms. The molecule has 2 aromatic rings. The number of carbonyl (C=O) groups is 1. The number of nitrogens with zero attached hydrogens (tertiary/aromatic N) is 2. The van der Waals surface area contributed by atoms with Crippen LogP contribution in [0.2, 0.25) is 0 Å². The Bertz CT molecular complexity index is 1120. The number of hydrogen-bond donors (Lipinski definition) is 3. The molecular formula is C20H22N4O4S. The quantitative estimate of drug-likeness (QED) is 0.509. The van der Waals surface area contributed by atoms with Gasteiger partial charge < -0.3 is 5.73 Å². The summed E-state index contributed by atoms with van der Waals surface area (Å²) in [6.07, 6.45) is 2.39. The number of sulfonamides is 1. The van der Waals surface area contributed by atoms with E-state index in [1.807, 2.05) is 6.92 Å². The standard InChI is InChI=1S/C20H22N4O4S/c1-2-8-24(26)20(25)16-9-15-7-6-14(11-18(15)23-19(21)12-16)13-4-3-5-17(10-13)29(22,27)28/h3-7,9-11,26H,2,8,12H2,1H3,(H2,21,23)(H2,22,27,28). The molecule has 1 aliphatic heterocycles. The van der Waals surface area contributed by atoms with Crippen LogP contribution in [0.4, 0.5) is 5.69 Å². The highest BCUT2D eigenvalue weighted by Gasteiger charge is 2.20. The summed E-state index contributed by atoms with van der Waals surface area (Å²) < 4.78 is 23.2. The maximum absolute atomic E-state index is 12.4. The van der Waals surface area contributed by atoms with Gasteiger partial charge in [-0.05, 0) is 41.8 Å². The highest BCUT2D eigenvalue weighted by molar-refractivity contribution is 7.89. The number of nitrogens with two attached hydrogens (primary N) is 2. The largest absolute Gasteiger partial charge is 0.387 e. The van der Waals surface area contributed by atoms with Gasteiger partial charge in [0.2, 0.25) is 10.0 Å². The molecule has 1 aliphatic rings. The average molecular weight is 414 g/mol. The number of benzene rings is 2. The van der Waals surface area contributed by atoms with Gasteiger partial charge in [0.05, 0.1) is 10.6 Å². The number of fused-ring (bicyclic) bond motifs is 1. The van der Waals surface area contributed by atoms with Crippen LogP contribution in [0.15, 0.2) is 57.9 Å². The first-order valence-electron chi connectivity index (χ1n) is 9.00. The van der Waals surface area contributed by atoms with E-state index in [-0.39, 0.29) is 23.7 Å². The van der Waals surface area contributed by atoms with E-state index in [1.54, 1.807) is 36.4 Å². The molecule has 2 aromatic carbocycles. The topological polar surface area (TPSA) is 139 Å². The highest BCUT2D eigenvalue weighted by atomic mass is 32.2. The second-order valence-corrected chi connectivity index (χ2v) is 8.29. The fourth-order valence-corrected chi connectivity index (χ4v) is 3.60. The van der Waals surface area contributed by atoms with Gasteiger partial charge in [-0.2, -0.15) is 0 Å². The first-order chi connectivity index (χ1) is 13.7. The molecule has 0 aromatic heterocycles. The summed E-state index contributed by atoms with van der Waals surface area (Å²) in [4.78, 5) is 16.8. The summed E-state index contributed by atoms with van der Waals surface area (Å²) in [6.45, 7) is 2.08. The Labute approximate surface area is 169 Å². The molecule has 9 heteroatoms. The Kier molecular flexibility index (Phi) is 5.83. The number of hydroxylamine groups is 2. The third-order valence-electron chi connectivity index (χ3n) is 4.44. The van der Waals surface area contributed by atoms with Crippen LogP contribution in [0, 0.1) is 0 Å². The molecular weight excluding hydrogens is 392 g/mol. The Morgan fingerprint density at radius 1 is 1.21 bits per heavy atom. The van der Waals surface area contributed by atoms with Crippen molar-refractivity contribution in [2.45, 2.75) is 24.7 Å². The van der Waals surface area contributed by atoms with Crippen LogP contribution < -0.4 is 10.9 Å². The van der Waals surface area contributed by atoms with E-state index in [0.717, 1.165) is 5.56 Å². The Balaban J connectivity index is 2.02. The van der Waals surface area contributed by atoms with Crippen LogP contribution in [-0.2, 0) is 14.8 Å². The fourth-order valence-electron chi connectivity index (χ4n) is 3.04. The molecule has 0 aliphatic carbocycles. The van der Waals surface area contributed by atoms with Crippen LogP contribution in [0.5, 0.6) is 0 Å². The minimum absolute atomic E-state index is 0.0136. The molecule has 152 valence electrons. The van der Waals surface area contributed by atoms with Crippen LogP contribution in [0.25, 0.3) is 17.2 Å². The van der Waals surface area contributed by atoms with Gasteiger partial charge in [-0.3, -0.25) is 10.0 Å². The van der Waals surface area contributed by atoms with E-state index in [4.69, 9.17) is 10.9 Å². The summed E-state index contributed by atoms with van der Waals surface area (Å²) in [5.74, 6) is -0.272. The van der Waals surface area contributed by atoms with Gasteiger partial charge in [-0.1, -0.05) is 31.2 Å². The van der Waals surface area contributed by atoms with E-state index in [9.17, 15) is 18.4 Å². The first kappa shape index (κ1) is 20.7. The SMILES string of the molecule is CCCN(O)C(=O)C1=Cc2ccc(-c3cccc(S(N)(=O)=O)c3)cc2N=C(N)C1. The van der Waals surface area contributed by atoms with Gasteiger partial charge >= 0.3 is 0 Å². The Morgan fingerprint density at radius 3 is 2.62 bits per heavy atom. The van der Waals surface area contributed by atoms with Crippen molar-refractivity contribution in [3.8, 4) is 11.1 Å². The van der Waals surface area contributed by atoms with Gasteiger partial charge in [-0.25, -0.2) is 23.6 Å². The Hall–Kier alpha value is -3.01. The molecule has 3 rings (SSSR count). The lowest BCUT2D eigenvalue weighted by atomic mass is 10.0. The highest BCUT2D eigenvalue weighted by Crippen LogP contribution is 2.32. The van der Waals surface area contributed by atoms with Crippen molar-refractivity contribution in [2.24, 2.45) is 15.9 Å². The second-order valence-electron chi connectivity index (χ2n) is 6.72. The van der Waals surface area contributed by atoms with Crippen molar-refractivity contribution < 1.29 is 18.4 Å². The third kappa shape index (κ3) is 4.70. The number of amides is 1. The maximum Gasteiger partial charge on any atom is 0.273 e. The van der Waals surface area contributed by atoms with Crippen molar-refractivity contribution in [1.82, 2.24) is 5.06 Å². The number of hydrogen-bond acceptors (Lipinski definition) is 6. The zero-order chi connectivity index (χ0) is 21.2. The zero-order valence-electron chi connectivity index (χ0n) is 15.9. The molecule has 0 fully saturated rings. The molecule has 5 N–H and O–H groups in total. The fraction of sp³-hybridized carbons (Fsp3) is 0.200. The van der Waals surface area contributed by atoms with Gasteiger partial charge in [0.25, 0.3) is 5.91 Å². The number of amidine groups is 1. The van der Waals surface area contributed by atoms with Crippen LogP contribution in [-0.4, -0.2) is 37.0 Å². The minimum atomic E-state index is -3.82. The summed E-state index contributed by atoms with van der Waals surface area (Å²) in [7, 11) is -3.82. The molecule has 0 saturated heterocycles. The maximum atomic E-state index is 12.4. The summed E-state index contributed by atoms with van der Waals surface area (Å²) in [6, 6.07) is 11.6. The number of rotatable bonds is 5. The summed E-state index contributed by atoms with van der Waals surface area (Å²) >= 11 is 0. The van der Waals surface area contributed by atoms with Crippen molar-refractivity contribution in [3.63, 3.8) is 0 Å². The molecule has 0 saturated carbocycles. The third-order valence-corrected chi connectivity index (χ3v) is 5.35. The second kappa shape index (κ2) is 8.16. The molecule has 0 atom stereocenters. The van der Waals surface area contributed by atoms with E-state index in [2.05, 4.69) is 4.99 Å². The molecule has 1 amide bonds. The molecule has 0 spiro atoms. The molecule has 1 heterocycles. The summed E-state index contributed by atoms with van der Waals surface area (Å²) in [5, 5.41) is 15.8. The number of carbonyl (C=O) groups excluding carboxylic acids is 1. The van der Waals surface area contributed by atoms with E-state index < -0.39 is 15.9 Å². The van der Waals surface area contributed by atoms with Crippen LogP contribution in [0.1, 0.15) is 25.3 Å². The van der Waals surface area contributed by atoms with Crippen LogP contribution >= 0.6 is 0 Å². The van der Waals surface area contributed by atoms with Gasteiger partial charge in [-0.15, -0.1) is 0 Å². The van der Waals surface area contributed by atoms with E-state index in [0.29, 0.717) is 33.9 Å². The van der Waals surface area contributed by atoms with Crippen molar-refractivity contribution >= 4 is 33.5 Å². The zero-order valence-corrected chi connectivity index (χ0v) is 16.7. The minimum Gasteiger partial charge on any atom is -0.387 e. The van der Waals surface area contributed by atoms with Gasteiger partial charge in [0, 0.05) is 24.1 Å². The number of primary sulfonamides is 1. The van der Waals surface area contributed by atoms with Crippen molar-refractivity contribution in [2.75, 3.05) is 6.54 Å². The number of aliphatic imine (C=N–C) groups is 1. The Morgan fingerprint density at radius 2 is 1.93 bits per heavy atom. The summed E-state index contributed by atoms with van der Waals surface area (Å²) in [5.41, 5.74) is 8.92. The van der Waals surface area contributed by atoms with E-state index in [1.165, 1.54) is 12.1 Å². The lowest BCUT2D eigenvalue weighted by Crippen LogP contribution is -2.30. The predicted octanol–water partition coefficient (Wildman–Crippen LogP) is 2.40. The van der Waals surface area contributed by atoms with E-state index >= 15 is 0 Å². The molecule has 0 unspecified atom stereocenters. The molecule has 0 bridgehead atoms. The van der Waals surface area contributed by atoms with Crippen LogP contribution in [0.3, 0.4) is 0 Å². The molecule has 0 radical (unpaired) electrons. The lowest BCUT2D eigenvalue weighted by Gasteiger charge is -2.15. The van der Waals surface area contributed by atoms with Gasteiger partial charge in [0.1, 0.15) is 5.84 Å².